The maximum atomic E-state index is 13.8. The van der Waals surface area contributed by atoms with Crippen molar-refractivity contribution in [2.24, 2.45) is 5.41 Å². The number of amides is 1. The molecule has 1 N–H and O–H groups in total. The topological polar surface area (TPSA) is 91.8 Å². The third kappa shape index (κ3) is 5.45. The molecule has 8 heteroatoms. The molecule has 4 atom stereocenters. The quantitative estimate of drug-likeness (QED) is 0.495. The van der Waals surface area contributed by atoms with Crippen LogP contribution in [0.3, 0.4) is 0 Å². The Morgan fingerprint density at radius 1 is 1.15 bits per heavy atom. The van der Waals surface area contributed by atoms with Gasteiger partial charge in [-0.1, -0.05) is 54.4 Å². The van der Waals surface area contributed by atoms with Crippen molar-refractivity contribution in [3.63, 3.8) is 0 Å². The number of halogens is 2. The van der Waals surface area contributed by atoms with Gasteiger partial charge >= 0.3 is 5.97 Å². The summed E-state index contributed by atoms with van der Waals surface area (Å²) in [5, 5.41) is 10.6. The number of benzene rings is 2. The van der Waals surface area contributed by atoms with E-state index in [0.29, 0.717) is 22.6 Å². The average molecular weight is 490 g/mol. The Morgan fingerprint density at radius 2 is 1.85 bits per heavy atom. The highest BCUT2D eigenvalue weighted by atomic mass is 35.5. The summed E-state index contributed by atoms with van der Waals surface area (Å²) < 4.78 is 0. The van der Waals surface area contributed by atoms with E-state index in [9.17, 15) is 24.3 Å². The van der Waals surface area contributed by atoms with Gasteiger partial charge in [0.2, 0.25) is 5.91 Å². The molecule has 1 saturated heterocycles. The number of carboxylic acids is 1. The van der Waals surface area contributed by atoms with Gasteiger partial charge in [0.15, 0.2) is 0 Å². The molecule has 1 aliphatic heterocycles. The molecule has 2 aromatic carbocycles. The molecule has 6 nitrogen and oxygen atoms in total. The van der Waals surface area contributed by atoms with E-state index in [0.717, 1.165) is 11.1 Å². The summed E-state index contributed by atoms with van der Waals surface area (Å²) in [5.74, 6) is -1.87. The average Bonchev–Trinajstić information content (AvgIpc) is 2.77. The van der Waals surface area contributed by atoms with Crippen LogP contribution in [0.25, 0.3) is 0 Å². The summed E-state index contributed by atoms with van der Waals surface area (Å²) in [5.41, 5.74) is 0.342. The lowest BCUT2D eigenvalue weighted by Gasteiger charge is -2.51. The summed E-state index contributed by atoms with van der Waals surface area (Å²) >= 11 is 12.4. The second-order valence-electron chi connectivity index (χ2n) is 8.65. The molecule has 0 bridgehead atoms. The Labute approximate surface area is 202 Å². The molecule has 0 radical (unpaired) electrons. The van der Waals surface area contributed by atoms with E-state index in [-0.39, 0.29) is 31.6 Å². The van der Waals surface area contributed by atoms with Gasteiger partial charge in [0.1, 0.15) is 12.6 Å². The fourth-order valence-electron chi connectivity index (χ4n) is 4.76. The van der Waals surface area contributed by atoms with E-state index in [4.69, 9.17) is 23.2 Å². The van der Waals surface area contributed by atoms with E-state index in [1.807, 2.05) is 6.07 Å². The maximum absolute atomic E-state index is 13.8. The molecule has 33 heavy (non-hydrogen) atoms. The smallest absolute Gasteiger partial charge is 0.304 e. The van der Waals surface area contributed by atoms with Crippen LogP contribution in [-0.4, -0.2) is 40.5 Å². The Balaban J connectivity index is 2.23. The first kappa shape index (κ1) is 24.9. The second kappa shape index (κ2) is 10.5. The van der Waals surface area contributed by atoms with Crippen LogP contribution in [0.15, 0.2) is 48.5 Å². The number of hydrogen-bond acceptors (Lipinski definition) is 4. The molecule has 2 unspecified atom stereocenters. The van der Waals surface area contributed by atoms with Crippen molar-refractivity contribution < 1.29 is 24.3 Å². The second-order valence-corrected chi connectivity index (χ2v) is 9.53. The molecule has 1 aliphatic rings. The summed E-state index contributed by atoms with van der Waals surface area (Å²) in [6.07, 6.45) is 1.47. The van der Waals surface area contributed by atoms with Crippen LogP contribution in [0, 0.1) is 5.41 Å². The molecular weight excluding hydrogens is 465 g/mol. The summed E-state index contributed by atoms with van der Waals surface area (Å²) in [6, 6.07) is 12.8. The molecule has 0 aliphatic carbocycles. The number of rotatable bonds is 9. The molecule has 2 aromatic rings. The van der Waals surface area contributed by atoms with E-state index in [2.05, 4.69) is 0 Å². The van der Waals surface area contributed by atoms with Crippen molar-refractivity contribution in [3.8, 4) is 0 Å². The largest absolute Gasteiger partial charge is 0.481 e. The van der Waals surface area contributed by atoms with Crippen LogP contribution in [0.1, 0.15) is 55.7 Å². The van der Waals surface area contributed by atoms with Gasteiger partial charge in [-0.15, -0.1) is 0 Å². The lowest BCUT2D eigenvalue weighted by Crippen LogP contribution is -2.56. The van der Waals surface area contributed by atoms with Gasteiger partial charge in [0, 0.05) is 22.4 Å². The zero-order valence-electron chi connectivity index (χ0n) is 18.1. The number of piperidine rings is 1. The van der Waals surface area contributed by atoms with Gasteiger partial charge in [0.25, 0.3) is 0 Å². The third-order valence-electron chi connectivity index (χ3n) is 6.23. The van der Waals surface area contributed by atoms with Gasteiger partial charge in [-0.25, -0.2) is 0 Å². The van der Waals surface area contributed by atoms with E-state index in [1.165, 1.54) is 4.90 Å². The van der Waals surface area contributed by atoms with Crippen molar-refractivity contribution in [2.45, 2.75) is 50.6 Å². The summed E-state index contributed by atoms with van der Waals surface area (Å²) in [7, 11) is 0. The lowest BCUT2D eigenvalue weighted by atomic mass is 9.67. The lowest BCUT2D eigenvalue weighted by molar-refractivity contribution is -0.161. The first-order valence-electron chi connectivity index (χ1n) is 10.6. The molecule has 0 spiro atoms. The van der Waals surface area contributed by atoms with E-state index < -0.39 is 29.4 Å². The van der Waals surface area contributed by atoms with Crippen molar-refractivity contribution >= 4 is 47.7 Å². The number of likely N-dealkylation sites (tertiary alicyclic amines) is 1. The van der Waals surface area contributed by atoms with Gasteiger partial charge in [0.05, 0.1) is 23.9 Å². The number of aliphatic carboxylic acids is 1. The fourth-order valence-corrected chi connectivity index (χ4v) is 5.08. The Kier molecular flexibility index (Phi) is 7.92. The van der Waals surface area contributed by atoms with Crippen LogP contribution in [0.2, 0.25) is 10.0 Å². The normalized spacial score (nSPS) is 23.7. The Morgan fingerprint density at radius 3 is 2.42 bits per heavy atom. The highest BCUT2D eigenvalue weighted by molar-refractivity contribution is 6.30. The highest BCUT2D eigenvalue weighted by Crippen LogP contribution is 2.52. The molecule has 1 heterocycles. The monoisotopic (exact) mass is 489 g/mol. The van der Waals surface area contributed by atoms with Crippen molar-refractivity contribution in [3.05, 3.63) is 69.7 Å². The number of carboxylic acid groups (broad SMARTS) is 1. The van der Waals surface area contributed by atoms with Gasteiger partial charge < -0.3 is 19.6 Å². The molecule has 174 valence electrons. The van der Waals surface area contributed by atoms with Gasteiger partial charge in [-0.3, -0.25) is 9.59 Å². The molecule has 3 rings (SSSR count). The van der Waals surface area contributed by atoms with Crippen molar-refractivity contribution in [1.29, 1.82) is 0 Å². The highest BCUT2D eigenvalue weighted by Gasteiger charge is 2.52. The van der Waals surface area contributed by atoms with Crippen LogP contribution in [0.5, 0.6) is 0 Å². The molecule has 1 fully saturated rings. The maximum Gasteiger partial charge on any atom is 0.304 e. The zero-order valence-corrected chi connectivity index (χ0v) is 19.6. The minimum absolute atomic E-state index is 0.0952. The summed E-state index contributed by atoms with van der Waals surface area (Å²) in [6.45, 7) is 1.62. The standard InChI is InChI=1S/C25H25Cl2NO5/c1-25(14-22(31)32)13-21(17-4-2-5-19(27)12-17)23(16-7-9-18(26)10-8-16)28(24(25)33)20(15-30)6-3-11-29/h2,4-5,7-12,15,20-21,23H,3,6,13-14H2,1H3,(H,31,32)/t20?,21-,23-,25?/m1/s1. The van der Waals surface area contributed by atoms with Gasteiger partial charge in [-0.2, -0.15) is 0 Å². The van der Waals surface area contributed by atoms with Crippen molar-refractivity contribution in [1.82, 2.24) is 4.90 Å². The minimum Gasteiger partial charge on any atom is -0.481 e. The molecule has 0 aromatic heterocycles. The predicted octanol–water partition coefficient (Wildman–Crippen LogP) is 5.08. The Bertz CT molecular complexity index is 1040. The van der Waals surface area contributed by atoms with E-state index >= 15 is 0 Å². The molecular formula is C25H25Cl2NO5. The van der Waals surface area contributed by atoms with Crippen LogP contribution < -0.4 is 0 Å². The first-order chi connectivity index (χ1) is 15.7. The SMILES string of the molecule is CC1(CC(=O)O)C[C@H](c2cccc(Cl)c2)[C@@H](c2ccc(Cl)cc2)N(C(C=O)CCC=O)C1=O. The van der Waals surface area contributed by atoms with Crippen LogP contribution in [-0.2, 0) is 19.2 Å². The number of carbonyl (C=O) groups is 4. The molecule has 0 saturated carbocycles. The zero-order chi connectivity index (χ0) is 24.2. The number of hydrogen-bond donors (Lipinski definition) is 1. The third-order valence-corrected chi connectivity index (χ3v) is 6.71. The number of nitrogens with zero attached hydrogens (tertiary/aromatic N) is 1. The Hall–Kier alpha value is -2.70. The first-order valence-corrected chi connectivity index (χ1v) is 11.4. The minimum atomic E-state index is -1.25. The molecule has 1 amide bonds. The van der Waals surface area contributed by atoms with Crippen LogP contribution >= 0.6 is 23.2 Å². The van der Waals surface area contributed by atoms with Gasteiger partial charge in [-0.05, 0) is 48.2 Å². The number of carbonyl (C=O) groups excluding carboxylic acids is 3. The van der Waals surface area contributed by atoms with Crippen molar-refractivity contribution in [2.75, 3.05) is 0 Å². The fraction of sp³-hybridized carbons (Fsp3) is 0.360. The van der Waals surface area contributed by atoms with Crippen LogP contribution in [0.4, 0.5) is 0 Å². The number of aldehydes is 2. The predicted molar refractivity (Wildman–Crippen MR) is 125 cm³/mol. The summed E-state index contributed by atoms with van der Waals surface area (Å²) in [4.78, 5) is 50.2. The van der Waals surface area contributed by atoms with E-state index in [1.54, 1.807) is 49.4 Å².